The fourth-order valence-electron chi connectivity index (χ4n) is 2.88. The maximum absolute atomic E-state index is 12.3. The monoisotopic (exact) mass is 337 g/mol. The number of benzene rings is 1. The van der Waals surface area contributed by atoms with E-state index in [-0.39, 0.29) is 0 Å². The second-order valence-corrected chi connectivity index (χ2v) is 7.75. The lowest BCUT2D eigenvalue weighted by Crippen LogP contribution is -2.30. The van der Waals surface area contributed by atoms with E-state index in [0.29, 0.717) is 23.7 Å². The molecule has 2 nitrogen and oxygen atoms in total. The first-order valence-electron chi connectivity index (χ1n) is 7.38. The highest BCUT2D eigenvalue weighted by atomic mass is 79.9. The van der Waals surface area contributed by atoms with Crippen LogP contribution in [-0.4, -0.2) is 17.4 Å². The highest BCUT2D eigenvalue weighted by molar-refractivity contribution is 9.10. The van der Waals surface area contributed by atoms with Crippen LogP contribution < -0.4 is 0 Å². The molecule has 110 valence electrons. The van der Waals surface area contributed by atoms with Gasteiger partial charge in [0.2, 0.25) is 5.91 Å². The first kappa shape index (κ1) is 15.6. The number of nitrogens with zero attached hydrogens (tertiary/aromatic N) is 1. The molecule has 1 aromatic rings. The van der Waals surface area contributed by atoms with Gasteiger partial charge in [0, 0.05) is 24.0 Å². The second-order valence-electron chi connectivity index (χ2n) is 6.83. The predicted octanol–water partition coefficient (Wildman–Crippen LogP) is 4.62. The maximum atomic E-state index is 12.3. The third-order valence-electron chi connectivity index (χ3n) is 4.32. The zero-order chi connectivity index (χ0) is 14.8. The van der Waals surface area contributed by atoms with Crippen molar-refractivity contribution in [3.05, 3.63) is 34.3 Å². The average Bonchev–Trinajstić information content (AvgIpc) is 2.55. The van der Waals surface area contributed by atoms with E-state index in [4.69, 9.17) is 0 Å². The van der Waals surface area contributed by atoms with Gasteiger partial charge in [-0.25, -0.2) is 0 Å². The van der Waals surface area contributed by atoms with E-state index in [0.717, 1.165) is 30.4 Å². The zero-order valence-electron chi connectivity index (χ0n) is 12.7. The maximum Gasteiger partial charge on any atom is 0.222 e. The van der Waals surface area contributed by atoms with Gasteiger partial charge < -0.3 is 4.90 Å². The van der Waals surface area contributed by atoms with Crippen molar-refractivity contribution in [1.82, 2.24) is 4.90 Å². The summed E-state index contributed by atoms with van der Waals surface area (Å²) in [5.41, 5.74) is 1.50. The molecule has 1 unspecified atom stereocenters. The van der Waals surface area contributed by atoms with E-state index in [1.54, 1.807) is 0 Å². The van der Waals surface area contributed by atoms with Crippen LogP contribution in [0.3, 0.4) is 0 Å². The molecule has 0 saturated carbocycles. The lowest BCUT2D eigenvalue weighted by atomic mass is 9.77. The lowest BCUT2D eigenvalue weighted by molar-refractivity contribution is -0.131. The minimum Gasteiger partial charge on any atom is -0.338 e. The molecule has 1 aromatic carbocycles. The number of carbonyl (C=O) groups excluding carboxylic acids is 1. The SMILES string of the molecule is CC(C)(C)C1CCC(=O)N(Cc2ccc(Br)cc2)CC1. The molecule has 0 aliphatic carbocycles. The van der Waals surface area contributed by atoms with E-state index in [2.05, 4.69) is 48.8 Å². The van der Waals surface area contributed by atoms with E-state index >= 15 is 0 Å². The number of likely N-dealkylation sites (tertiary alicyclic amines) is 1. The summed E-state index contributed by atoms with van der Waals surface area (Å²) < 4.78 is 1.08. The van der Waals surface area contributed by atoms with Crippen LogP contribution in [0.25, 0.3) is 0 Å². The van der Waals surface area contributed by atoms with Gasteiger partial charge in [-0.3, -0.25) is 4.79 Å². The van der Waals surface area contributed by atoms with Crippen LogP contribution in [0.15, 0.2) is 28.7 Å². The van der Waals surface area contributed by atoms with Gasteiger partial charge in [0.15, 0.2) is 0 Å². The highest BCUT2D eigenvalue weighted by Gasteiger charge is 2.29. The van der Waals surface area contributed by atoms with Crippen LogP contribution in [0.4, 0.5) is 0 Å². The fourth-order valence-corrected chi connectivity index (χ4v) is 3.14. The highest BCUT2D eigenvalue weighted by Crippen LogP contribution is 2.34. The Balaban J connectivity index is 2.02. The number of rotatable bonds is 2. The standard InChI is InChI=1S/C17H24BrNO/c1-17(2,3)14-6-9-16(20)19(11-10-14)12-13-4-7-15(18)8-5-13/h4-5,7-8,14H,6,9-12H2,1-3H3. The molecule has 1 atom stereocenters. The molecule has 1 heterocycles. The summed E-state index contributed by atoms with van der Waals surface area (Å²) in [6.07, 6.45) is 2.84. The Hall–Kier alpha value is -0.830. The minimum atomic E-state index is 0.300. The van der Waals surface area contributed by atoms with Crippen LogP contribution in [0, 0.1) is 11.3 Å². The zero-order valence-corrected chi connectivity index (χ0v) is 14.2. The van der Waals surface area contributed by atoms with Crippen LogP contribution in [0.1, 0.15) is 45.6 Å². The van der Waals surface area contributed by atoms with Crippen LogP contribution in [0.5, 0.6) is 0 Å². The van der Waals surface area contributed by atoms with Gasteiger partial charge >= 0.3 is 0 Å². The number of hydrogen-bond donors (Lipinski definition) is 0. The molecule has 1 saturated heterocycles. The van der Waals surface area contributed by atoms with Crippen molar-refractivity contribution in [2.24, 2.45) is 11.3 Å². The van der Waals surface area contributed by atoms with Gasteiger partial charge in [-0.2, -0.15) is 0 Å². The van der Waals surface area contributed by atoms with E-state index in [1.807, 2.05) is 17.0 Å². The Morgan fingerprint density at radius 2 is 1.85 bits per heavy atom. The second kappa shape index (κ2) is 6.30. The molecule has 2 rings (SSSR count). The Labute approximate surface area is 130 Å². The van der Waals surface area contributed by atoms with Crippen LogP contribution in [-0.2, 0) is 11.3 Å². The molecule has 0 radical (unpaired) electrons. The summed E-state index contributed by atoms with van der Waals surface area (Å²) in [5.74, 6) is 0.945. The van der Waals surface area contributed by atoms with Gasteiger partial charge in [-0.1, -0.05) is 48.8 Å². The van der Waals surface area contributed by atoms with Crippen LogP contribution >= 0.6 is 15.9 Å². The molecule has 0 spiro atoms. The molecule has 0 bridgehead atoms. The van der Waals surface area contributed by atoms with Crippen molar-refractivity contribution in [2.75, 3.05) is 6.54 Å². The molecule has 1 aliphatic rings. The Bertz CT molecular complexity index is 461. The van der Waals surface area contributed by atoms with Gasteiger partial charge in [0.1, 0.15) is 0 Å². The van der Waals surface area contributed by atoms with Crippen LogP contribution in [0.2, 0.25) is 0 Å². The largest absolute Gasteiger partial charge is 0.338 e. The third kappa shape index (κ3) is 4.08. The quantitative estimate of drug-likeness (QED) is 0.770. The smallest absolute Gasteiger partial charge is 0.222 e. The molecule has 3 heteroatoms. The van der Waals surface area contributed by atoms with Crippen molar-refractivity contribution in [3.63, 3.8) is 0 Å². The van der Waals surface area contributed by atoms with Gasteiger partial charge in [-0.05, 0) is 41.9 Å². The Morgan fingerprint density at radius 3 is 2.45 bits per heavy atom. The number of halogens is 1. The molecule has 1 amide bonds. The minimum absolute atomic E-state index is 0.300. The normalized spacial score (nSPS) is 20.9. The van der Waals surface area contributed by atoms with Gasteiger partial charge in [0.05, 0.1) is 0 Å². The molecule has 20 heavy (non-hydrogen) atoms. The molecule has 0 N–H and O–H groups in total. The lowest BCUT2D eigenvalue weighted by Gasteiger charge is -2.29. The molecule has 0 aromatic heterocycles. The predicted molar refractivity (Wildman–Crippen MR) is 86.4 cm³/mol. The van der Waals surface area contributed by atoms with Crippen molar-refractivity contribution in [2.45, 2.75) is 46.6 Å². The molecular weight excluding hydrogens is 314 g/mol. The van der Waals surface area contributed by atoms with E-state index < -0.39 is 0 Å². The van der Waals surface area contributed by atoms with Crippen molar-refractivity contribution >= 4 is 21.8 Å². The number of amides is 1. The summed E-state index contributed by atoms with van der Waals surface area (Å²) in [4.78, 5) is 14.3. The van der Waals surface area contributed by atoms with E-state index in [9.17, 15) is 4.79 Å². The summed E-state index contributed by atoms with van der Waals surface area (Å²) >= 11 is 3.44. The van der Waals surface area contributed by atoms with Crippen molar-refractivity contribution < 1.29 is 4.79 Å². The Morgan fingerprint density at radius 1 is 1.20 bits per heavy atom. The first-order valence-corrected chi connectivity index (χ1v) is 8.18. The number of hydrogen-bond acceptors (Lipinski definition) is 1. The van der Waals surface area contributed by atoms with Crippen molar-refractivity contribution in [3.8, 4) is 0 Å². The van der Waals surface area contributed by atoms with Gasteiger partial charge in [-0.15, -0.1) is 0 Å². The molecule has 1 aliphatic heterocycles. The summed E-state index contributed by atoms with van der Waals surface area (Å²) in [7, 11) is 0. The fraction of sp³-hybridized carbons (Fsp3) is 0.588. The molecular formula is C17H24BrNO. The summed E-state index contributed by atoms with van der Waals surface area (Å²) in [6, 6.07) is 8.25. The van der Waals surface area contributed by atoms with Gasteiger partial charge in [0.25, 0.3) is 0 Å². The van der Waals surface area contributed by atoms with E-state index in [1.165, 1.54) is 5.56 Å². The first-order chi connectivity index (χ1) is 9.36. The molecule has 1 fully saturated rings. The third-order valence-corrected chi connectivity index (χ3v) is 4.85. The average molecular weight is 338 g/mol. The summed E-state index contributed by atoms with van der Waals surface area (Å²) in [5, 5.41) is 0. The Kier molecular flexibility index (Phi) is 4.90. The summed E-state index contributed by atoms with van der Waals surface area (Å²) in [6.45, 7) is 8.48. The topological polar surface area (TPSA) is 20.3 Å². The number of carbonyl (C=O) groups is 1. The van der Waals surface area contributed by atoms with Crippen molar-refractivity contribution in [1.29, 1.82) is 0 Å².